The lowest BCUT2D eigenvalue weighted by Crippen LogP contribution is -2.24. The summed E-state index contributed by atoms with van der Waals surface area (Å²) < 4.78 is 0. The second-order valence-electron chi connectivity index (χ2n) is 12.3. The van der Waals surface area contributed by atoms with E-state index in [1.165, 1.54) is 16.7 Å². The molecule has 2 unspecified atom stereocenters. The lowest BCUT2D eigenvalue weighted by Gasteiger charge is -2.32. The van der Waals surface area contributed by atoms with E-state index in [0.717, 1.165) is 44.9 Å². The number of aliphatic imine (C=N–C) groups is 4. The molecule has 1 aliphatic heterocycles. The third kappa shape index (κ3) is 6.83. The zero-order valence-corrected chi connectivity index (χ0v) is 27.7. The molecule has 6 aromatic rings. The third-order valence-corrected chi connectivity index (χ3v) is 9.14. The summed E-state index contributed by atoms with van der Waals surface area (Å²) >= 11 is 0. The molecule has 238 valence electrons. The number of para-hydroxylation sites is 1. The van der Waals surface area contributed by atoms with Crippen LogP contribution in [0.5, 0.6) is 0 Å². The number of fused-ring (bicyclic) bond motifs is 1. The first-order valence-corrected chi connectivity index (χ1v) is 16.6. The van der Waals surface area contributed by atoms with Gasteiger partial charge in [0.25, 0.3) is 0 Å². The highest BCUT2D eigenvalue weighted by atomic mass is 15.0. The molecule has 2 heterocycles. The molecule has 7 rings (SSSR count). The molecule has 0 saturated carbocycles. The van der Waals surface area contributed by atoms with Crippen LogP contribution in [-0.2, 0) is 6.54 Å². The van der Waals surface area contributed by atoms with Crippen LogP contribution in [0.4, 0.5) is 5.69 Å². The average molecular weight is 636 g/mol. The van der Waals surface area contributed by atoms with Crippen molar-refractivity contribution in [3.63, 3.8) is 0 Å². The molecule has 0 spiro atoms. The number of nitrogens with zero attached hydrogens (tertiary/aromatic N) is 5. The van der Waals surface area contributed by atoms with E-state index in [4.69, 9.17) is 20.0 Å². The topological polar surface area (TPSA) is 62.3 Å². The number of benzene rings is 5. The zero-order valence-electron chi connectivity index (χ0n) is 27.7. The Balaban J connectivity index is 1.20. The molecule has 1 aromatic heterocycles. The summed E-state index contributed by atoms with van der Waals surface area (Å²) in [5.41, 5.74) is 11.7. The Kier molecular flexibility index (Phi) is 9.24. The van der Waals surface area contributed by atoms with Crippen LogP contribution in [0.2, 0.25) is 0 Å². The summed E-state index contributed by atoms with van der Waals surface area (Å²) in [4.78, 5) is 24.3. The van der Waals surface area contributed by atoms with Crippen molar-refractivity contribution >= 4 is 29.8 Å². The van der Waals surface area contributed by atoms with E-state index in [1.807, 2.05) is 54.7 Å². The summed E-state index contributed by atoms with van der Waals surface area (Å²) in [6.07, 6.45) is 1.95. The molecule has 0 aliphatic carbocycles. The molecule has 5 aromatic carbocycles. The Hall–Kier alpha value is -6.07. The minimum Gasteiger partial charge on any atom is -0.261 e. The summed E-state index contributed by atoms with van der Waals surface area (Å²) in [7, 11) is 0. The smallest absolute Gasteiger partial charge is 0.161 e. The predicted molar refractivity (Wildman–Crippen MR) is 204 cm³/mol. The van der Waals surface area contributed by atoms with Gasteiger partial charge in [0.2, 0.25) is 0 Å². The van der Waals surface area contributed by atoms with Gasteiger partial charge in [0.05, 0.1) is 23.6 Å². The van der Waals surface area contributed by atoms with Gasteiger partial charge in [-0.25, -0.2) is 9.98 Å². The first kappa shape index (κ1) is 31.5. The molecule has 0 amide bonds. The van der Waals surface area contributed by atoms with Crippen LogP contribution in [0.1, 0.15) is 57.8 Å². The molecule has 49 heavy (non-hydrogen) atoms. The van der Waals surface area contributed by atoms with Crippen LogP contribution < -0.4 is 0 Å². The van der Waals surface area contributed by atoms with Crippen molar-refractivity contribution in [3.8, 4) is 11.1 Å². The summed E-state index contributed by atoms with van der Waals surface area (Å²) in [6, 6.07) is 49.7. The number of aromatic nitrogens is 1. The Morgan fingerprint density at radius 3 is 1.98 bits per heavy atom. The van der Waals surface area contributed by atoms with Gasteiger partial charge >= 0.3 is 0 Å². The molecule has 2 atom stereocenters. The average Bonchev–Trinajstić information content (AvgIpc) is 3.16. The lowest BCUT2D eigenvalue weighted by molar-refractivity contribution is 0.690. The monoisotopic (exact) mass is 635 g/mol. The molecule has 0 bridgehead atoms. The zero-order chi connectivity index (χ0) is 33.6. The SMILES string of the molecule is C=N/C(=N\C(=N/Cc1ccccc1)c1ccc(-c2ccc(C3=Nc4ccccc4C(C)C3c3ccccc3C)nc2)cc1)c1ccccc1. The number of rotatable bonds is 7. The quantitative estimate of drug-likeness (QED) is 0.127. The van der Waals surface area contributed by atoms with E-state index in [2.05, 4.69) is 123 Å². The highest BCUT2D eigenvalue weighted by molar-refractivity contribution is 6.12. The highest BCUT2D eigenvalue weighted by Gasteiger charge is 2.33. The summed E-state index contributed by atoms with van der Waals surface area (Å²) in [5.74, 6) is 1.50. The van der Waals surface area contributed by atoms with Gasteiger partial charge in [-0.3, -0.25) is 15.0 Å². The minimum atomic E-state index is 0.105. The summed E-state index contributed by atoms with van der Waals surface area (Å²) in [6.45, 7) is 8.77. The lowest BCUT2D eigenvalue weighted by atomic mass is 9.75. The fourth-order valence-electron chi connectivity index (χ4n) is 6.51. The largest absolute Gasteiger partial charge is 0.261 e. The molecule has 5 heteroatoms. The Bertz CT molecular complexity index is 2160. The Labute approximate surface area is 288 Å². The van der Waals surface area contributed by atoms with Gasteiger partial charge in [-0.15, -0.1) is 0 Å². The molecule has 5 nitrogen and oxygen atoms in total. The molecule has 0 fully saturated rings. The third-order valence-electron chi connectivity index (χ3n) is 9.14. The van der Waals surface area contributed by atoms with Crippen LogP contribution >= 0.6 is 0 Å². The van der Waals surface area contributed by atoms with E-state index in [-0.39, 0.29) is 11.8 Å². The normalized spacial score (nSPS) is 16.1. The van der Waals surface area contributed by atoms with Gasteiger partial charge < -0.3 is 0 Å². The van der Waals surface area contributed by atoms with Crippen LogP contribution in [-0.4, -0.2) is 29.1 Å². The van der Waals surface area contributed by atoms with Crippen molar-refractivity contribution in [3.05, 3.63) is 191 Å². The van der Waals surface area contributed by atoms with Crippen molar-refractivity contribution in [1.29, 1.82) is 0 Å². The van der Waals surface area contributed by atoms with E-state index < -0.39 is 0 Å². The standard InChI is InChI=1S/C44H37N5/c1-30-14-10-11-19-37(30)41-31(2)38-20-12-13-21-39(38)48-42(41)40-27-26-36(29-46-40)33-22-24-35(25-23-33)44(47-28-32-15-6-4-7-16-32)49-43(45-3)34-17-8-5-9-18-34/h4-27,29,31,41H,3,28H2,1-2H3/b47-44-,49-43-. The molecule has 0 saturated heterocycles. The van der Waals surface area contributed by atoms with Gasteiger partial charge in [0.15, 0.2) is 11.7 Å². The number of aryl methyl sites for hydroxylation is 1. The van der Waals surface area contributed by atoms with E-state index in [1.54, 1.807) is 0 Å². The van der Waals surface area contributed by atoms with Crippen LogP contribution in [0.15, 0.2) is 172 Å². The first-order chi connectivity index (χ1) is 24.1. The summed E-state index contributed by atoms with van der Waals surface area (Å²) in [5, 5.41) is 0. The van der Waals surface area contributed by atoms with Crippen molar-refractivity contribution < 1.29 is 0 Å². The second-order valence-corrected chi connectivity index (χ2v) is 12.3. The predicted octanol–water partition coefficient (Wildman–Crippen LogP) is 10.2. The van der Waals surface area contributed by atoms with Crippen molar-refractivity contribution in [2.45, 2.75) is 32.2 Å². The number of pyridine rings is 1. The van der Waals surface area contributed by atoms with Gasteiger partial charge in [-0.1, -0.05) is 140 Å². The van der Waals surface area contributed by atoms with Gasteiger partial charge in [-0.05, 0) is 59.5 Å². The number of hydrogen-bond acceptors (Lipinski definition) is 3. The van der Waals surface area contributed by atoms with Crippen molar-refractivity contribution in [2.75, 3.05) is 0 Å². The first-order valence-electron chi connectivity index (χ1n) is 16.6. The van der Waals surface area contributed by atoms with Crippen LogP contribution in [0, 0.1) is 6.92 Å². The van der Waals surface area contributed by atoms with Gasteiger partial charge in [-0.2, -0.15) is 0 Å². The van der Waals surface area contributed by atoms with E-state index in [9.17, 15) is 0 Å². The Morgan fingerprint density at radius 2 is 1.29 bits per heavy atom. The fourth-order valence-corrected chi connectivity index (χ4v) is 6.51. The Morgan fingerprint density at radius 1 is 0.653 bits per heavy atom. The molecule has 1 aliphatic rings. The molecular formula is C44H37N5. The maximum Gasteiger partial charge on any atom is 0.161 e. The van der Waals surface area contributed by atoms with Gasteiger partial charge in [0, 0.05) is 28.8 Å². The van der Waals surface area contributed by atoms with Crippen LogP contribution in [0.25, 0.3) is 11.1 Å². The molecular weight excluding hydrogens is 599 g/mol. The number of amidine groups is 2. The fraction of sp³-hybridized carbons (Fsp3) is 0.114. The maximum atomic E-state index is 5.21. The van der Waals surface area contributed by atoms with Crippen LogP contribution in [0.3, 0.4) is 0 Å². The highest BCUT2D eigenvalue weighted by Crippen LogP contribution is 2.45. The van der Waals surface area contributed by atoms with Gasteiger partial charge in [0.1, 0.15) is 0 Å². The van der Waals surface area contributed by atoms with E-state index >= 15 is 0 Å². The minimum absolute atomic E-state index is 0.105. The number of hydrogen-bond donors (Lipinski definition) is 0. The maximum absolute atomic E-state index is 5.21. The molecule has 0 N–H and O–H groups in total. The second kappa shape index (κ2) is 14.4. The van der Waals surface area contributed by atoms with E-state index in [0.29, 0.717) is 18.2 Å². The van der Waals surface area contributed by atoms with Crippen molar-refractivity contribution in [1.82, 2.24) is 4.98 Å². The van der Waals surface area contributed by atoms with Crippen molar-refractivity contribution in [2.24, 2.45) is 20.0 Å². The molecule has 0 radical (unpaired) electrons.